The molecule has 1 unspecified atom stereocenters. The number of halogens is 1. The van der Waals surface area contributed by atoms with Crippen LogP contribution in [-0.4, -0.2) is 6.54 Å². The fourth-order valence-corrected chi connectivity index (χ4v) is 2.83. The summed E-state index contributed by atoms with van der Waals surface area (Å²) in [6, 6.07) is 15.4. The molecular weight excluding hydrogens is 298 g/mol. The van der Waals surface area contributed by atoms with Gasteiger partial charge in [0, 0.05) is 4.47 Å². The molecule has 0 aliphatic heterocycles. The van der Waals surface area contributed by atoms with Crippen LogP contribution in [0.25, 0.3) is 0 Å². The average molecular weight is 318 g/mol. The largest absolute Gasteiger partial charge is 0.307 e. The molecule has 19 heavy (non-hydrogen) atoms. The van der Waals surface area contributed by atoms with Crippen molar-refractivity contribution in [3.8, 4) is 0 Å². The van der Waals surface area contributed by atoms with Gasteiger partial charge < -0.3 is 5.32 Å². The second-order valence-corrected chi connectivity index (χ2v) is 5.71. The summed E-state index contributed by atoms with van der Waals surface area (Å²) in [6.07, 6.45) is 0. The Morgan fingerprint density at radius 1 is 1.05 bits per heavy atom. The van der Waals surface area contributed by atoms with Crippen LogP contribution in [0, 0.1) is 13.8 Å². The molecule has 0 heterocycles. The van der Waals surface area contributed by atoms with Crippen LogP contribution in [0.5, 0.6) is 0 Å². The molecule has 0 aromatic heterocycles. The summed E-state index contributed by atoms with van der Waals surface area (Å²) in [4.78, 5) is 0. The van der Waals surface area contributed by atoms with Gasteiger partial charge in [-0.25, -0.2) is 0 Å². The SMILES string of the molecule is CCNC(c1ccccc1)c1cc(C)c(Br)cc1C. The summed E-state index contributed by atoms with van der Waals surface area (Å²) in [5.41, 5.74) is 5.26. The summed E-state index contributed by atoms with van der Waals surface area (Å²) in [5, 5.41) is 3.59. The minimum atomic E-state index is 0.262. The molecule has 0 aliphatic carbocycles. The van der Waals surface area contributed by atoms with Gasteiger partial charge >= 0.3 is 0 Å². The fourth-order valence-electron chi connectivity index (χ4n) is 2.37. The molecule has 2 aromatic rings. The maximum absolute atomic E-state index is 3.60. The molecule has 0 bridgehead atoms. The van der Waals surface area contributed by atoms with Crippen molar-refractivity contribution in [2.45, 2.75) is 26.8 Å². The van der Waals surface area contributed by atoms with E-state index in [1.54, 1.807) is 0 Å². The molecule has 0 saturated heterocycles. The smallest absolute Gasteiger partial charge is 0.0579 e. The normalized spacial score (nSPS) is 12.4. The molecule has 0 spiro atoms. The summed E-state index contributed by atoms with van der Waals surface area (Å²) in [7, 11) is 0. The molecule has 100 valence electrons. The van der Waals surface area contributed by atoms with Gasteiger partial charge in [-0.05, 0) is 48.7 Å². The van der Waals surface area contributed by atoms with Crippen molar-refractivity contribution in [2.75, 3.05) is 6.54 Å². The van der Waals surface area contributed by atoms with Crippen LogP contribution >= 0.6 is 15.9 Å². The van der Waals surface area contributed by atoms with Crippen molar-refractivity contribution >= 4 is 15.9 Å². The van der Waals surface area contributed by atoms with Crippen molar-refractivity contribution in [2.24, 2.45) is 0 Å². The van der Waals surface area contributed by atoms with Gasteiger partial charge in [-0.1, -0.05) is 59.3 Å². The van der Waals surface area contributed by atoms with E-state index in [1.165, 1.54) is 26.7 Å². The number of rotatable bonds is 4. The number of nitrogens with one attached hydrogen (secondary N) is 1. The van der Waals surface area contributed by atoms with E-state index >= 15 is 0 Å². The first-order valence-electron chi connectivity index (χ1n) is 6.68. The lowest BCUT2D eigenvalue weighted by Crippen LogP contribution is -2.22. The predicted octanol–water partition coefficient (Wildman–Crippen LogP) is 4.76. The number of benzene rings is 2. The van der Waals surface area contributed by atoms with E-state index in [2.05, 4.69) is 84.5 Å². The third-order valence-corrected chi connectivity index (χ3v) is 4.25. The summed E-state index contributed by atoms with van der Waals surface area (Å²) < 4.78 is 1.18. The molecule has 0 amide bonds. The van der Waals surface area contributed by atoms with E-state index in [0.29, 0.717) is 0 Å². The molecule has 0 saturated carbocycles. The van der Waals surface area contributed by atoms with Gasteiger partial charge in [0.1, 0.15) is 0 Å². The molecule has 2 rings (SSSR count). The third-order valence-electron chi connectivity index (χ3n) is 3.40. The van der Waals surface area contributed by atoms with Gasteiger partial charge in [0.15, 0.2) is 0 Å². The molecule has 0 radical (unpaired) electrons. The van der Waals surface area contributed by atoms with Crippen LogP contribution in [0.1, 0.15) is 35.2 Å². The van der Waals surface area contributed by atoms with Crippen molar-refractivity contribution in [3.05, 3.63) is 69.2 Å². The van der Waals surface area contributed by atoms with Crippen LogP contribution in [0.15, 0.2) is 46.9 Å². The molecule has 1 N–H and O–H groups in total. The quantitative estimate of drug-likeness (QED) is 0.856. The number of aryl methyl sites for hydroxylation is 2. The van der Waals surface area contributed by atoms with Gasteiger partial charge in [0.25, 0.3) is 0 Å². The highest BCUT2D eigenvalue weighted by atomic mass is 79.9. The average Bonchev–Trinajstić information content (AvgIpc) is 2.42. The minimum absolute atomic E-state index is 0.262. The first-order chi connectivity index (χ1) is 9.13. The molecule has 1 atom stereocenters. The van der Waals surface area contributed by atoms with Crippen LogP contribution in [0.2, 0.25) is 0 Å². The highest BCUT2D eigenvalue weighted by molar-refractivity contribution is 9.10. The first-order valence-corrected chi connectivity index (χ1v) is 7.47. The number of hydrogen-bond donors (Lipinski definition) is 1. The lowest BCUT2D eigenvalue weighted by molar-refractivity contribution is 0.627. The Morgan fingerprint density at radius 3 is 2.37 bits per heavy atom. The predicted molar refractivity (Wildman–Crippen MR) is 85.6 cm³/mol. The number of hydrogen-bond acceptors (Lipinski definition) is 1. The second kappa shape index (κ2) is 6.36. The Labute approximate surface area is 124 Å². The van der Waals surface area contributed by atoms with E-state index in [-0.39, 0.29) is 6.04 Å². The molecular formula is C17H20BrN. The Morgan fingerprint density at radius 2 is 1.74 bits per heavy atom. The van der Waals surface area contributed by atoms with Crippen molar-refractivity contribution in [1.29, 1.82) is 0 Å². The second-order valence-electron chi connectivity index (χ2n) is 4.86. The van der Waals surface area contributed by atoms with E-state index in [1.807, 2.05) is 0 Å². The lowest BCUT2D eigenvalue weighted by Gasteiger charge is -2.22. The first kappa shape index (κ1) is 14.3. The molecule has 2 heteroatoms. The summed E-state index contributed by atoms with van der Waals surface area (Å²) in [6.45, 7) is 7.42. The van der Waals surface area contributed by atoms with Crippen LogP contribution in [0.3, 0.4) is 0 Å². The standard InChI is InChI=1S/C17H20BrN/c1-4-19-17(14-8-6-5-7-9-14)15-10-13(3)16(18)11-12(15)2/h5-11,17,19H,4H2,1-3H3. The highest BCUT2D eigenvalue weighted by Crippen LogP contribution is 2.29. The van der Waals surface area contributed by atoms with E-state index < -0.39 is 0 Å². The molecule has 0 fully saturated rings. The van der Waals surface area contributed by atoms with E-state index in [0.717, 1.165) is 6.54 Å². The van der Waals surface area contributed by atoms with Crippen LogP contribution < -0.4 is 5.32 Å². The Balaban J connectivity index is 2.48. The van der Waals surface area contributed by atoms with Gasteiger partial charge in [-0.15, -0.1) is 0 Å². The molecule has 1 nitrogen and oxygen atoms in total. The zero-order chi connectivity index (χ0) is 13.8. The van der Waals surface area contributed by atoms with Crippen LogP contribution in [0.4, 0.5) is 0 Å². The van der Waals surface area contributed by atoms with Gasteiger partial charge in [0.2, 0.25) is 0 Å². The topological polar surface area (TPSA) is 12.0 Å². The zero-order valence-electron chi connectivity index (χ0n) is 11.7. The molecule has 2 aromatic carbocycles. The van der Waals surface area contributed by atoms with Crippen molar-refractivity contribution in [3.63, 3.8) is 0 Å². The van der Waals surface area contributed by atoms with Gasteiger partial charge in [-0.2, -0.15) is 0 Å². The maximum Gasteiger partial charge on any atom is 0.0579 e. The third kappa shape index (κ3) is 3.26. The van der Waals surface area contributed by atoms with Gasteiger partial charge in [-0.3, -0.25) is 0 Å². The summed E-state index contributed by atoms with van der Waals surface area (Å²) >= 11 is 3.60. The Hall–Kier alpha value is -1.12. The maximum atomic E-state index is 3.60. The zero-order valence-corrected chi connectivity index (χ0v) is 13.3. The van der Waals surface area contributed by atoms with E-state index in [9.17, 15) is 0 Å². The van der Waals surface area contributed by atoms with Crippen molar-refractivity contribution < 1.29 is 0 Å². The van der Waals surface area contributed by atoms with Gasteiger partial charge in [0.05, 0.1) is 6.04 Å². The van der Waals surface area contributed by atoms with Crippen LogP contribution in [-0.2, 0) is 0 Å². The Kier molecular flexibility index (Phi) is 4.78. The monoisotopic (exact) mass is 317 g/mol. The highest BCUT2D eigenvalue weighted by Gasteiger charge is 2.15. The molecule has 0 aliphatic rings. The lowest BCUT2D eigenvalue weighted by atomic mass is 9.93. The van der Waals surface area contributed by atoms with E-state index in [4.69, 9.17) is 0 Å². The Bertz CT molecular complexity index is 549. The minimum Gasteiger partial charge on any atom is -0.307 e. The fraction of sp³-hybridized carbons (Fsp3) is 0.294. The summed E-state index contributed by atoms with van der Waals surface area (Å²) in [5.74, 6) is 0. The van der Waals surface area contributed by atoms with Crippen molar-refractivity contribution in [1.82, 2.24) is 5.32 Å².